The van der Waals surface area contributed by atoms with E-state index in [0.29, 0.717) is 18.9 Å². The molecule has 136 valence electrons. The summed E-state index contributed by atoms with van der Waals surface area (Å²) in [4.78, 5) is 31.1. The van der Waals surface area contributed by atoms with Crippen molar-refractivity contribution in [3.63, 3.8) is 0 Å². The van der Waals surface area contributed by atoms with Crippen molar-refractivity contribution in [2.75, 3.05) is 45.8 Å². The normalized spacial score (nSPS) is 29.0. The smallest absolute Gasteiger partial charge is 0.236 e. The highest BCUT2D eigenvalue weighted by atomic mass is 16.2. The van der Waals surface area contributed by atoms with Crippen molar-refractivity contribution in [3.05, 3.63) is 0 Å². The Morgan fingerprint density at radius 2 is 1.50 bits per heavy atom. The molecule has 0 aromatic heterocycles. The zero-order valence-corrected chi connectivity index (χ0v) is 14.8. The minimum absolute atomic E-state index is 0.204. The Morgan fingerprint density at radius 1 is 0.792 bits per heavy atom. The van der Waals surface area contributed by atoms with Gasteiger partial charge in [0.1, 0.15) is 0 Å². The lowest BCUT2D eigenvalue weighted by molar-refractivity contribution is -0.132. The van der Waals surface area contributed by atoms with Crippen molar-refractivity contribution in [2.24, 2.45) is 11.7 Å². The van der Waals surface area contributed by atoms with Gasteiger partial charge in [-0.3, -0.25) is 14.5 Å². The van der Waals surface area contributed by atoms with Gasteiger partial charge in [0.2, 0.25) is 11.8 Å². The van der Waals surface area contributed by atoms with Crippen molar-refractivity contribution < 1.29 is 9.59 Å². The van der Waals surface area contributed by atoms with E-state index in [2.05, 4.69) is 4.90 Å². The van der Waals surface area contributed by atoms with Crippen molar-refractivity contribution in [1.82, 2.24) is 14.7 Å². The largest absolute Gasteiger partial charge is 0.342 e. The maximum atomic E-state index is 12.6. The summed E-state index contributed by atoms with van der Waals surface area (Å²) >= 11 is 0. The van der Waals surface area contributed by atoms with Crippen LogP contribution < -0.4 is 5.73 Å². The second-order valence-corrected chi connectivity index (χ2v) is 7.66. The molecule has 0 aromatic carbocycles. The van der Waals surface area contributed by atoms with E-state index in [0.717, 1.165) is 77.8 Å². The summed E-state index contributed by atoms with van der Waals surface area (Å²) in [6, 6.07) is 0.204. The number of hydrogen-bond donors (Lipinski definition) is 1. The van der Waals surface area contributed by atoms with Crippen molar-refractivity contribution in [3.8, 4) is 0 Å². The summed E-state index contributed by atoms with van der Waals surface area (Å²) in [6.45, 7) is 5.62. The van der Waals surface area contributed by atoms with Gasteiger partial charge in [0, 0.05) is 51.7 Å². The van der Waals surface area contributed by atoms with E-state index in [4.69, 9.17) is 5.73 Å². The van der Waals surface area contributed by atoms with Crippen LogP contribution in [-0.2, 0) is 9.59 Å². The zero-order chi connectivity index (χ0) is 16.9. The lowest BCUT2D eigenvalue weighted by atomic mass is 9.99. The second-order valence-electron chi connectivity index (χ2n) is 7.66. The molecule has 2 saturated heterocycles. The molecule has 3 fully saturated rings. The van der Waals surface area contributed by atoms with Crippen LogP contribution in [0.1, 0.15) is 44.9 Å². The summed E-state index contributed by atoms with van der Waals surface area (Å²) in [5.74, 6) is 0.878. The van der Waals surface area contributed by atoms with E-state index >= 15 is 0 Å². The minimum Gasteiger partial charge on any atom is -0.342 e. The number of nitrogens with zero attached hydrogens (tertiary/aromatic N) is 3. The first-order valence-electron chi connectivity index (χ1n) is 9.67. The van der Waals surface area contributed by atoms with Gasteiger partial charge in [-0.15, -0.1) is 0 Å². The first-order valence-corrected chi connectivity index (χ1v) is 9.67. The van der Waals surface area contributed by atoms with Crippen molar-refractivity contribution >= 4 is 11.8 Å². The van der Waals surface area contributed by atoms with Gasteiger partial charge < -0.3 is 15.5 Å². The molecule has 1 saturated carbocycles. The molecule has 2 N–H and O–H groups in total. The van der Waals surface area contributed by atoms with Crippen LogP contribution in [0.2, 0.25) is 0 Å². The number of nitrogens with two attached hydrogens (primary N) is 1. The number of amides is 2. The van der Waals surface area contributed by atoms with E-state index in [-0.39, 0.29) is 17.9 Å². The predicted molar refractivity (Wildman–Crippen MR) is 93.4 cm³/mol. The van der Waals surface area contributed by atoms with E-state index in [1.54, 1.807) is 0 Å². The SMILES string of the molecule is N[C@@H]1CCC[C@H]1CC(=O)N1CCCN(CC(=O)N2CCCC2)CC1. The van der Waals surface area contributed by atoms with E-state index < -0.39 is 0 Å². The number of likely N-dealkylation sites (tertiary alicyclic amines) is 1. The summed E-state index contributed by atoms with van der Waals surface area (Å²) in [7, 11) is 0. The molecule has 2 aliphatic heterocycles. The number of rotatable bonds is 4. The van der Waals surface area contributed by atoms with Gasteiger partial charge in [0.25, 0.3) is 0 Å². The first kappa shape index (κ1) is 17.7. The van der Waals surface area contributed by atoms with Gasteiger partial charge in [-0.05, 0) is 38.0 Å². The highest BCUT2D eigenvalue weighted by Crippen LogP contribution is 2.27. The molecular weight excluding hydrogens is 304 g/mol. The van der Waals surface area contributed by atoms with Crippen LogP contribution in [0.15, 0.2) is 0 Å². The number of hydrogen-bond acceptors (Lipinski definition) is 4. The molecule has 0 aromatic rings. The Bertz CT molecular complexity index is 450. The summed E-state index contributed by atoms with van der Waals surface area (Å²) in [5, 5.41) is 0. The first-order chi connectivity index (χ1) is 11.6. The third-order valence-electron chi connectivity index (χ3n) is 5.91. The molecular formula is C18H32N4O2. The number of carbonyl (C=O) groups excluding carboxylic acids is 2. The molecule has 6 heteroatoms. The van der Waals surface area contributed by atoms with Crippen LogP contribution in [0.3, 0.4) is 0 Å². The van der Waals surface area contributed by atoms with E-state index in [9.17, 15) is 9.59 Å². The molecule has 6 nitrogen and oxygen atoms in total. The van der Waals surface area contributed by atoms with Crippen molar-refractivity contribution in [1.29, 1.82) is 0 Å². The van der Waals surface area contributed by atoms with E-state index in [1.165, 1.54) is 0 Å². The lowest BCUT2D eigenvalue weighted by Gasteiger charge is -2.25. The Kier molecular flexibility index (Phi) is 6.11. The van der Waals surface area contributed by atoms with Gasteiger partial charge in [0.05, 0.1) is 6.54 Å². The standard InChI is InChI=1S/C18H32N4O2/c19-16-6-3-5-15(16)13-17(23)22-10-4-7-20(11-12-22)14-18(24)21-8-1-2-9-21/h15-16H,1-14,19H2/t15-,16+/m0/s1. The fourth-order valence-corrected chi connectivity index (χ4v) is 4.31. The molecule has 2 atom stereocenters. The topological polar surface area (TPSA) is 69.9 Å². The summed E-state index contributed by atoms with van der Waals surface area (Å²) in [6.07, 6.45) is 7.14. The quantitative estimate of drug-likeness (QED) is 0.819. The summed E-state index contributed by atoms with van der Waals surface area (Å²) < 4.78 is 0. The van der Waals surface area contributed by atoms with Gasteiger partial charge in [-0.1, -0.05) is 6.42 Å². The molecule has 3 rings (SSSR count). The van der Waals surface area contributed by atoms with Gasteiger partial charge in [-0.25, -0.2) is 0 Å². The lowest BCUT2D eigenvalue weighted by Crippen LogP contribution is -2.41. The maximum absolute atomic E-state index is 12.6. The second kappa shape index (κ2) is 8.30. The molecule has 2 heterocycles. The van der Waals surface area contributed by atoms with Crippen LogP contribution in [0.5, 0.6) is 0 Å². The summed E-state index contributed by atoms with van der Waals surface area (Å²) in [5.41, 5.74) is 6.10. The van der Waals surface area contributed by atoms with Crippen LogP contribution in [0.25, 0.3) is 0 Å². The van der Waals surface area contributed by atoms with Crippen LogP contribution in [0, 0.1) is 5.92 Å². The number of carbonyl (C=O) groups is 2. The molecule has 2 amide bonds. The predicted octanol–water partition coefficient (Wildman–Crippen LogP) is 0.661. The van der Waals surface area contributed by atoms with Gasteiger partial charge >= 0.3 is 0 Å². The van der Waals surface area contributed by atoms with Crippen LogP contribution >= 0.6 is 0 Å². The Balaban J connectivity index is 1.44. The van der Waals surface area contributed by atoms with Crippen LogP contribution in [0.4, 0.5) is 0 Å². The Morgan fingerprint density at radius 3 is 2.21 bits per heavy atom. The molecule has 0 radical (unpaired) electrons. The molecule has 3 aliphatic rings. The third kappa shape index (κ3) is 4.48. The Labute approximate surface area is 145 Å². The zero-order valence-electron chi connectivity index (χ0n) is 14.8. The highest BCUT2D eigenvalue weighted by molar-refractivity contribution is 5.78. The van der Waals surface area contributed by atoms with Gasteiger partial charge in [0.15, 0.2) is 0 Å². The molecule has 0 spiro atoms. The highest BCUT2D eigenvalue weighted by Gasteiger charge is 2.29. The molecule has 0 unspecified atom stereocenters. The van der Waals surface area contributed by atoms with E-state index in [1.807, 2.05) is 9.80 Å². The fourth-order valence-electron chi connectivity index (χ4n) is 4.31. The van der Waals surface area contributed by atoms with Crippen LogP contribution in [-0.4, -0.2) is 78.4 Å². The average molecular weight is 336 g/mol. The Hall–Kier alpha value is -1.14. The third-order valence-corrected chi connectivity index (χ3v) is 5.91. The monoisotopic (exact) mass is 336 g/mol. The minimum atomic E-state index is 0.204. The average Bonchev–Trinajstić information content (AvgIpc) is 3.17. The fraction of sp³-hybridized carbons (Fsp3) is 0.889. The van der Waals surface area contributed by atoms with Gasteiger partial charge in [-0.2, -0.15) is 0 Å². The maximum Gasteiger partial charge on any atom is 0.236 e. The van der Waals surface area contributed by atoms with Crippen molar-refractivity contribution in [2.45, 2.75) is 51.0 Å². The molecule has 0 bridgehead atoms. The molecule has 24 heavy (non-hydrogen) atoms. The molecule has 1 aliphatic carbocycles.